The molecule has 0 saturated carbocycles. The number of amides is 1. The molecule has 0 spiro atoms. The van der Waals surface area contributed by atoms with Gasteiger partial charge < -0.3 is 5.32 Å². The summed E-state index contributed by atoms with van der Waals surface area (Å²) < 4.78 is 0. The minimum absolute atomic E-state index is 0.00809. The summed E-state index contributed by atoms with van der Waals surface area (Å²) in [4.78, 5) is 13.1. The molecule has 0 aliphatic heterocycles. The summed E-state index contributed by atoms with van der Waals surface area (Å²) in [5.41, 5.74) is 6.86. The van der Waals surface area contributed by atoms with Crippen LogP contribution in [0.1, 0.15) is 57.6 Å². The molecule has 1 atom stereocenters. The highest BCUT2D eigenvalue weighted by Gasteiger charge is 2.17. The largest absolute Gasteiger partial charge is 0.345 e. The average Bonchev–Trinajstić information content (AvgIpc) is 2.73. The van der Waals surface area contributed by atoms with Gasteiger partial charge >= 0.3 is 0 Å². The molecule has 3 aromatic carbocycles. The highest BCUT2D eigenvalue weighted by molar-refractivity contribution is 5.96. The van der Waals surface area contributed by atoms with E-state index in [0.717, 1.165) is 30.4 Å². The van der Waals surface area contributed by atoms with Gasteiger partial charge in [0, 0.05) is 5.56 Å². The Morgan fingerprint density at radius 1 is 0.857 bits per heavy atom. The van der Waals surface area contributed by atoms with Gasteiger partial charge in [-0.25, -0.2) is 0 Å². The van der Waals surface area contributed by atoms with Crippen LogP contribution >= 0.6 is 0 Å². The van der Waals surface area contributed by atoms with Gasteiger partial charge in [0.2, 0.25) is 0 Å². The van der Waals surface area contributed by atoms with E-state index in [4.69, 9.17) is 0 Å². The van der Waals surface area contributed by atoms with E-state index in [1.807, 2.05) is 24.3 Å². The van der Waals surface area contributed by atoms with Crippen LogP contribution in [-0.2, 0) is 12.8 Å². The first kappa shape index (κ1) is 19.9. The molecule has 3 rings (SSSR count). The summed E-state index contributed by atoms with van der Waals surface area (Å²) in [7, 11) is 0. The van der Waals surface area contributed by atoms with Crippen molar-refractivity contribution >= 4 is 5.91 Å². The molecule has 144 valence electrons. The van der Waals surface area contributed by atoms with Crippen LogP contribution in [-0.4, -0.2) is 5.91 Å². The first-order chi connectivity index (χ1) is 13.6. The predicted octanol–water partition coefficient (Wildman–Crippen LogP) is 5.97. The van der Waals surface area contributed by atoms with E-state index in [1.165, 1.54) is 22.3 Å². The quantitative estimate of drug-likeness (QED) is 0.545. The van der Waals surface area contributed by atoms with Crippen molar-refractivity contribution in [2.45, 2.75) is 46.1 Å². The van der Waals surface area contributed by atoms with Crippen molar-refractivity contribution < 1.29 is 4.79 Å². The van der Waals surface area contributed by atoms with Crippen molar-refractivity contribution in [3.05, 3.63) is 106 Å². The van der Waals surface area contributed by atoms with Crippen molar-refractivity contribution in [1.82, 2.24) is 5.32 Å². The Kier molecular flexibility index (Phi) is 6.65. The molecule has 0 bridgehead atoms. The van der Waals surface area contributed by atoms with E-state index < -0.39 is 0 Å². The number of nitrogens with one attached hydrogen (secondary N) is 1. The minimum Gasteiger partial charge on any atom is -0.345 e. The van der Waals surface area contributed by atoms with Gasteiger partial charge in [0.15, 0.2) is 0 Å². The molecule has 0 aliphatic rings. The van der Waals surface area contributed by atoms with Gasteiger partial charge in [-0.1, -0.05) is 73.7 Å². The Morgan fingerprint density at radius 2 is 1.57 bits per heavy atom. The van der Waals surface area contributed by atoms with E-state index in [2.05, 4.69) is 74.6 Å². The van der Waals surface area contributed by atoms with E-state index in [0.29, 0.717) is 0 Å². The number of carbonyl (C=O) groups excluding carboxylic acids is 1. The van der Waals surface area contributed by atoms with Gasteiger partial charge in [0.25, 0.3) is 5.91 Å². The molecule has 1 N–H and O–H groups in total. The highest BCUT2D eigenvalue weighted by Crippen LogP contribution is 2.21. The van der Waals surface area contributed by atoms with E-state index in [1.54, 1.807) is 0 Å². The summed E-state index contributed by atoms with van der Waals surface area (Å²) in [6, 6.07) is 24.8. The summed E-state index contributed by atoms with van der Waals surface area (Å²) in [6.07, 6.45) is 2.65. The molecule has 1 amide bonds. The molecular formula is C26H29NO. The third-order valence-electron chi connectivity index (χ3n) is 5.43. The molecule has 0 aliphatic carbocycles. The molecule has 2 nitrogen and oxygen atoms in total. The maximum Gasteiger partial charge on any atom is 0.252 e. The monoisotopic (exact) mass is 371 g/mol. The Bertz CT molecular complexity index is 930. The van der Waals surface area contributed by atoms with Gasteiger partial charge in [0.1, 0.15) is 0 Å². The zero-order valence-corrected chi connectivity index (χ0v) is 17.0. The number of carbonyl (C=O) groups is 1. The maximum absolute atomic E-state index is 13.1. The molecule has 0 heterocycles. The van der Waals surface area contributed by atoms with Gasteiger partial charge in [-0.05, 0) is 67.0 Å². The summed E-state index contributed by atoms with van der Waals surface area (Å²) in [6.45, 7) is 6.34. The lowest BCUT2D eigenvalue weighted by molar-refractivity contribution is 0.0934. The SMILES string of the molecule is CCC(NC(=O)c1ccccc1CCc1ccccc1)c1ccc(C)c(C)c1. The zero-order valence-electron chi connectivity index (χ0n) is 17.0. The third kappa shape index (κ3) is 4.89. The summed E-state index contributed by atoms with van der Waals surface area (Å²) in [5.74, 6) is 0.00809. The van der Waals surface area contributed by atoms with E-state index in [9.17, 15) is 4.79 Å². The molecule has 28 heavy (non-hydrogen) atoms. The number of hydrogen-bond acceptors (Lipinski definition) is 1. The minimum atomic E-state index is 0.00809. The lowest BCUT2D eigenvalue weighted by Crippen LogP contribution is -2.29. The van der Waals surface area contributed by atoms with Crippen LogP contribution in [0.15, 0.2) is 72.8 Å². The van der Waals surface area contributed by atoms with Gasteiger partial charge in [-0.2, -0.15) is 0 Å². The van der Waals surface area contributed by atoms with Gasteiger partial charge in [-0.3, -0.25) is 4.79 Å². The topological polar surface area (TPSA) is 29.1 Å². The fraction of sp³-hybridized carbons (Fsp3) is 0.269. The second-order valence-corrected chi connectivity index (χ2v) is 7.42. The standard InChI is InChI=1S/C26H29NO/c1-4-25(23-16-14-19(2)20(3)18-23)27-26(28)24-13-9-8-12-22(24)17-15-21-10-6-5-7-11-21/h5-14,16,18,25H,4,15,17H2,1-3H3,(H,27,28). The van der Waals surface area contributed by atoms with E-state index in [-0.39, 0.29) is 11.9 Å². The Morgan fingerprint density at radius 3 is 2.29 bits per heavy atom. The van der Waals surface area contributed by atoms with Gasteiger partial charge in [0.05, 0.1) is 6.04 Å². The van der Waals surface area contributed by atoms with Crippen molar-refractivity contribution in [2.75, 3.05) is 0 Å². The maximum atomic E-state index is 13.1. The second-order valence-electron chi connectivity index (χ2n) is 7.42. The Labute approximate surface area is 168 Å². The fourth-order valence-electron chi connectivity index (χ4n) is 3.52. The molecular weight excluding hydrogens is 342 g/mol. The summed E-state index contributed by atoms with van der Waals surface area (Å²) >= 11 is 0. The lowest BCUT2D eigenvalue weighted by Gasteiger charge is -2.20. The number of rotatable bonds is 7. The highest BCUT2D eigenvalue weighted by atomic mass is 16.1. The number of benzene rings is 3. The third-order valence-corrected chi connectivity index (χ3v) is 5.43. The zero-order chi connectivity index (χ0) is 19.9. The van der Waals surface area contributed by atoms with Crippen LogP contribution in [0.5, 0.6) is 0 Å². The molecule has 0 radical (unpaired) electrons. The summed E-state index contributed by atoms with van der Waals surface area (Å²) in [5, 5.41) is 3.25. The van der Waals surface area contributed by atoms with Crippen LogP contribution < -0.4 is 5.32 Å². The molecule has 0 fully saturated rings. The number of hydrogen-bond donors (Lipinski definition) is 1. The molecule has 0 saturated heterocycles. The molecule has 1 unspecified atom stereocenters. The average molecular weight is 372 g/mol. The molecule has 3 aromatic rings. The molecule has 2 heteroatoms. The second kappa shape index (κ2) is 9.36. The van der Waals surface area contributed by atoms with Crippen LogP contribution in [0.4, 0.5) is 0 Å². The molecule has 0 aromatic heterocycles. The van der Waals surface area contributed by atoms with Crippen LogP contribution in [0.3, 0.4) is 0 Å². The van der Waals surface area contributed by atoms with Gasteiger partial charge in [-0.15, -0.1) is 0 Å². The lowest BCUT2D eigenvalue weighted by atomic mass is 9.97. The fourth-order valence-corrected chi connectivity index (χ4v) is 3.52. The number of aryl methyl sites for hydroxylation is 4. The predicted molar refractivity (Wildman–Crippen MR) is 117 cm³/mol. The van der Waals surface area contributed by atoms with Crippen LogP contribution in [0.25, 0.3) is 0 Å². The Balaban J connectivity index is 1.75. The van der Waals surface area contributed by atoms with Crippen LogP contribution in [0, 0.1) is 13.8 Å². The van der Waals surface area contributed by atoms with Crippen LogP contribution in [0.2, 0.25) is 0 Å². The van der Waals surface area contributed by atoms with E-state index >= 15 is 0 Å². The normalized spacial score (nSPS) is 11.8. The van der Waals surface area contributed by atoms with Crippen molar-refractivity contribution in [3.8, 4) is 0 Å². The first-order valence-electron chi connectivity index (χ1n) is 10.1. The van der Waals surface area contributed by atoms with Crippen molar-refractivity contribution in [1.29, 1.82) is 0 Å². The van der Waals surface area contributed by atoms with Crippen molar-refractivity contribution in [2.24, 2.45) is 0 Å². The first-order valence-corrected chi connectivity index (χ1v) is 10.1. The Hall–Kier alpha value is -2.87. The van der Waals surface area contributed by atoms with Crippen molar-refractivity contribution in [3.63, 3.8) is 0 Å². The smallest absolute Gasteiger partial charge is 0.252 e.